The van der Waals surface area contributed by atoms with E-state index in [0.717, 1.165) is 31.4 Å². The van der Waals surface area contributed by atoms with E-state index in [-0.39, 0.29) is 11.9 Å². The van der Waals surface area contributed by atoms with Crippen LogP contribution in [0.1, 0.15) is 45.4 Å². The number of carbonyl (C=O) groups excluding carboxylic acids is 2. The van der Waals surface area contributed by atoms with Crippen LogP contribution in [-0.4, -0.2) is 37.2 Å². The second-order valence-corrected chi connectivity index (χ2v) is 6.67. The first-order valence-corrected chi connectivity index (χ1v) is 9.40. The van der Waals surface area contributed by atoms with Crippen molar-refractivity contribution in [3.05, 3.63) is 0 Å². The average molecular weight is 308 g/mol. The van der Waals surface area contributed by atoms with Gasteiger partial charge in [-0.25, -0.2) is 0 Å². The molecule has 0 aliphatic heterocycles. The molecule has 0 spiro atoms. The Hall–Kier alpha value is -0.360. The molecule has 0 atom stereocenters. The van der Waals surface area contributed by atoms with Crippen LogP contribution < -0.4 is 0 Å². The molecule has 112 valence electrons. The normalized spacial score (nSPS) is 10.2. The predicted molar refractivity (Wildman–Crippen MR) is 81.3 cm³/mol. The van der Waals surface area contributed by atoms with E-state index in [1.54, 1.807) is 21.6 Å². The number of hydrogen-bond acceptors (Lipinski definition) is 6. The summed E-state index contributed by atoms with van der Waals surface area (Å²) in [6, 6.07) is 0. The fourth-order valence-corrected chi connectivity index (χ4v) is 2.48. The summed E-state index contributed by atoms with van der Waals surface area (Å²) in [5.41, 5.74) is 0. The maximum atomic E-state index is 11.3. The molecular formula is C13H24O4S2. The van der Waals surface area contributed by atoms with E-state index >= 15 is 0 Å². The van der Waals surface area contributed by atoms with Gasteiger partial charge in [0, 0.05) is 12.2 Å². The molecule has 0 radical (unpaired) electrons. The van der Waals surface area contributed by atoms with Crippen LogP contribution in [-0.2, 0) is 19.1 Å². The molecule has 0 saturated heterocycles. The molecule has 0 aromatic heterocycles. The average Bonchev–Trinajstić information content (AvgIpc) is 2.38. The summed E-state index contributed by atoms with van der Waals surface area (Å²) in [5.74, 6) is 0.545. The Bertz CT molecular complexity index is 247. The quantitative estimate of drug-likeness (QED) is 0.313. The van der Waals surface area contributed by atoms with Gasteiger partial charge in [-0.15, -0.1) is 0 Å². The Balaban J connectivity index is 3.22. The Morgan fingerprint density at radius 1 is 0.947 bits per heavy atom. The summed E-state index contributed by atoms with van der Waals surface area (Å²) in [5, 5.41) is 0. The van der Waals surface area contributed by atoms with E-state index in [2.05, 4.69) is 0 Å². The lowest BCUT2D eigenvalue weighted by Crippen LogP contribution is -2.07. The third-order valence-corrected chi connectivity index (χ3v) is 4.09. The highest BCUT2D eigenvalue weighted by Gasteiger charge is 2.03. The van der Waals surface area contributed by atoms with Crippen LogP contribution in [0.2, 0.25) is 0 Å². The van der Waals surface area contributed by atoms with E-state index in [0.29, 0.717) is 26.1 Å². The highest BCUT2D eigenvalue weighted by molar-refractivity contribution is 8.76. The maximum absolute atomic E-state index is 11.3. The number of esters is 2. The first-order valence-electron chi connectivity index (χ1n) is 6.67. The lowest BCUT2D eigenvalue weighted by atomic mass is 10.2. The first-order chi connectivity index (χ1) is 9.20. The van der Waals surface area contributed by atoms with Gasteiger partial charge in [-0.2, -0.15) is 0 Å². The van der Waals surface area contributed by atoms with Crippen molar-refractivity contribution in [3.63, 3.8) is 0 Å². The van der Waals surface area contributed by atoms with Crippen LogP contribution in [0.15, 0.2) is 0 Å². The summed E-state index contributed by atoms with van der Waals surface area (Å²) in [6.07, 6.45) is 6.34. The van der Waals surface area contributed by atoms with Crippen molar-refractivity contribution in [2.75, 3.05) is 25.2 Å². The number of carbonyl (C=O) groups is 2. The van der Waals surface area contributed by atoms with Crippen LogP contribution in [0.4, 0.5) is 0 Å². The van der Waals surface area contributed by atoms with Gasteiger partial charge >= 0.3 is 11.9 Å². The number of ether oxygens (including phenoxy) is 2. The zero-order chi connectivity index (χ0) is 14.3. The summed E-state index contributed by atoms with van der Waals surface area (Å²) >= 11 is 0. The van der Waals surface area contributed by atoms with Crippen LogP contribution in [0.3, 0.4) is 0 Å². The van der Waals surface area contributed by atoms with Gasteiger partial charge in [-0.05, 0) is 31.9 Å². The summed E-state index contributed by atoms with van der Waals surface area (Å²) in [6.45, 7) is 2.89. The number of hydrogen-bond donors (Lipinski definition) is 0. The molecule has 0 aliphatic carbocycles. The van der Waals surface area contributed by atoms with Crippen molar-refractivity contribution < 1.29 is 19.1 Å². The molecule has 0 unspecified atom stereocenters. The highest BCUT2D eigenvalue weighted by atomic mass is 33.1. The summed E-state index contributed by atoms with van der Waals surface area (Å²) in [4.78, 5) is 22.3. The van der Waals surface area contributed by atoms with Gasteiger partial charge in [0.1, 0.15) is 0 Å². The van der Waals surface area contributed by atoms with Crippen molar-refractivity contribution in [2.24, 2.45) is 0 Å². The molecule has 0 heterocycles. The molecule has 0 saturated carbocycles. The molecule has 0 fully saturated rings. The van der Waals surface area contributed by atoms with Crippen molar-refractivity contribution in [2.45, 2.75) is 45.4 Å². The fraction of sp³-hybridized carbons (Fsp3) is 0.846. The molecule has 0 amide bonds. The monoisotopic (exact) mass is 308 g/mol. The van der Waals surface area contributed by atoms with Crippen molar-refractivity contribution in [1.82, 2.24) is 0 Å². The Labute approximate surface area is 123 Å². The topological polar surface area (TPSA) is 52.6 Å². The fourth-order valence-electron chi connectivity index (χ4n) is 1.31. The second-order valence-electron chi connectivity index (χ2n) is 3.99. The van der Waals surface area contributed by atoms with Crippen molar-refractivity contribution in [3.8, 4) is 0 Å². The largest absolute Gasteiger partial charge is 0.466 e. The lowest BCUT2D eigenvalue weighted by Gasteiger charge is -2.05. The zero-order valence-corrected chi connectivity index (χ0v) is 13.4. The molecule has 19 heavy (non-hydrogen) atoms. The molecule has 0 N–H and O–H groups in total. The van der Waals surface area contributed by atoms with Gasteiger partial charge < -0.3 is 9.47 Å². The number of unbranched alkanes of at least 4 members (excludes halogenated alkanes) is 2. The van der Waals surface area contributed by atoms with Gasteiger partial charge in [0.2, 0.25) is 0 Å². The highest BCUT2D eigenvalue weighted by Crippen LogP contribution is 2.17. The van der Waals surface area contributed by atoms with E-state index in [9.17, 15) is 9.59 Å². The third-order valence-electron chi connectivity index (χ3n) is 2.28. The zero-order valence-electron chi connectivity index (χ0n) is 11.8. The molecule has 0 bridgehead atoms. The number of rotatable bonds is 12. The Morgan fingerprint density at radius 2 is 1.53 bits per heavy atom. The first kappa shape index (κ1) is 18.6. The van der Waals surface area contributed by atoms with Gasteiger partial charge in [0.25, 0.3) is 0 Å². The lowest BCUT2D eigenvalue weighted by molar-refractivity contribution is -0.143. The van der Waals surface area contributed by atoms with Crippen LogP contribution in [0, 0.1) is 0 Å². The SMILES string of the molecule is CCCC(=O)OCCCCCOC(=O)CCSSC. The molecule has 4 nitrogen and oxygen atoms in total. The smallest absolute Gasteiger partial charge is 0.306 e. The second kappa shape index (κ2) is 14.1. The van der Waals surface area contributed by atoms with Gasteiger partial charge in [-0.3, -0.25) is 9.59 Å². The van der Waals surface area contributed by atoms with Crippen LogP contribution in [0.25, 0.3) is 0 Å². The predicted octanol–water partition coefficient (Wildman–Crippen LogP) is 3.44. The van der Waals surface area contributed by atoms with Gasteiger partial charge in [0.05, 0.1) is 19.6 Å². The molecule has 0 aromatic rings. The van der Waals surface area contributed by atoms with Crippen molar-refractivity contribution in [1.29, 1.82) is 0 Å². The minimum atomic E-state index is -0.129. The Morgan fingerprint density at radius 3 is 2.05 bits per heavy atom. The minimum absolute atomic E-state index is 0.125. The van der Waals surface area contributed by atoms with E-state index < -0.39 is 0 Å². The van der Waals surface area contributed by atoms with Crippen LogP contribution >= 0.6 is 21.6 Å². The molecule has 0 aromatic carbocycles. The van der Waals surface area contributed by atoms with E-state index in [1.807, 2.05) is 13.2 Å². The summed E-state index contributed by atoms with van der Waals surface area (Å²) in [7, 11) is 3.31. The molecular weight excluding hydrogens is 284 g/mol. The summed E-state index contributed by atoms with van der Waals surface area (Å²) < 4.78 is 10.1. The van der Waals surface area contributed by atoms with Crippen molar-refractivity contribution >= 4 is 33.5 Å². The minimum Gasteiger partial charge on any atom is -0.466 e. The molecule has 0 aliphatic rings. The van der Waals surface area contributed by atoms with Crippen LogP contribution in [0.5, 0.6) is 0 Å². The van der Waals surface area contributed by atoms with E-state index in [4.69, 9.17) is 9.47 Å². The molecule has 0 rings (SSSR count). The van der Waals surface area contributed by atoms with E-state index in [1.165, 1.54) is 0 Å². The molecule has 6 heteroatoms. The third kappa shape index (κ3) is 13.9. The maximum Gasteiger partial charge on any atom is 0.306 e. The van der Waals surface area contributed by atoms with Gasteiger partial charge in [-0.1, -0.05) is 28.5 Å². The van der Waals surface area contributed by atoms with Gasteiger partial charge in [0.15, 0.2) is 0 Å². The standard InChI is InChI=1S/C13H24O4S2/c1-3-7-12(14)16-9-5-4-6-10-17-13(15)8-11-19-18-2/h3-11H2,1-2H3. The Kier molecular flexibility index (Phi) is 13.8.